The van der Waals surface area contributed by atoms with Crippen LogP contribution in [0.4, 0.5) is 0 Å². The molecule has 23 heavy (non-hydrogen) atoms. The van der Waals surface area contributed by atoms with Crippen molar-refractivity contribution >= 4 is 11.8 Å². The van der Waals surface area contributed by atoms with Crippen LogP contribution < -0.4 is 10.6 Å². The van der Waals surface area contributed by atoms with Gasteiger partial charge in [-0.15, -0.1) is 0 Å². The van der Waals surface area contributed by atoms with Crippen molar-refractivity contribution in [3.63, 3.8) is 0 Å². The fourth-order valence-electron chi connectivity index (χ4n) is 2.06. The van der Waals surface area contributed by atoms with E-state index in [2.05, 4.69) is 24.5 Å². The second kappa shape index (κ2) is 12.3. The fourth-order valence-corrected chi connectivity index (χ4v) is 2.06. The number of methoxy groups -OCH3 is 1. The Balaban J connectivity index is 3.44. The van der Waals surface area contributed by atoms with E-state index in [0.29, 0.717) is 5.92 Å². The van der Waals surface area contributed by atoms with Crippen molar-refractivity contribution in [1.29, 1.82) is 0 Å². The molecule has 2 N–H and O–H groups in total. The van der Waals surface area contributed by atoms with Gasteiger partial charge in [0.1, 0.15) is 6.61 Å². The van der Waals surface area contributed by atoms with E-state index in [1.54, 1.807) is 0 Å². The monoisotopic (exact) mass is 328 g/mol. The SMILES string of the molecule is COCC(=O)NCCCCCCCCNC(=O)C(C)(C)C(C)C. The summed E-state index contributed by atoms with van der Waals surface area (Å²) in [5, 5.41) is 5.86. The summed E-state index contributed by atoms with van der Waals surface area (Å²) in [5.74, 6) is 0.443. The zero-order chi connectivity index (χ0) is 17.7. The third-order valence-electron chi connectivity index (χ3n) is 4.52. The standard InChI is InChI=1S/C18H36N2O3/c1-15(2)18(3,4)17(22)20-13-11-9-7-6-8-10-12-19-16(21)14-23-5/h15H,6-14H2,1-5H3,(H,19,21)(H,20,22). The van der Waals surface area contributed by atoms with Crippen LogP contribution in [0.25, 0.3) is 0 Å². The lowest BCUT2D eigenvalue weighted by atomic mass is 9.80. The van der Waals surface area contributed by atoms with Crippen molar-refractivity contribution in [2.24, 2.45) is 11.3 Å². The molecule has 2 amide bonds. The maximum absolute atomic E-state index is 12.1. The van der Waals surface area contributed by atoms with Gasteiger partial charge in [0.05, 0.1) is 0 Å². The molecule has 136 valence electrons. The van der Waals surface area contributed by atoms with Crippen LogP contribution in [0.2, 0.25) is 0 Å². The molecule has 0 heterocycles. The van der Waals surface area contributed by atoms with Crippen LogP contribution in [0.1, 0.15) is 66.2 Å². The highest BCUT2D eigenvalue weighted by molar-refractivity contribution is 5.82. The molecule has 0 aliphatic carbocycles. The maximum Gasteiger partial charge on any atom is 0.245 e. The number of carbonyl (C=O) groups is 2. The normalized spacial score (nSPS) is 11.6. The number of amides is 2. The number of unbranched alkanes of at least 4 members (excludes halogenated alkanes) is 5. The lowest BCUT2D eigenvalue weighted by Crippen LogP contribution is -2.40. The van der Waals surface area contributed by atoms with Gasteiger partial charge < -0.3 is 15.4 Å². The van der Waals surface area contributed by atoms with Crippen molar-refractivity contribution < 1.29 is 14.3 Å². The van der Waals surface area contributed by atoms with Crippen LogP contribution in [-0.4, -0.2) is 38.6 Å². The molecule has 0 bridgehead atoms. The minimum Gasteiger partial charge on any atom is -0.375 e. The fraction of sp³-hybridized carbons (Fsp3) is 0.889. The van der Waals surface area contributed by atoms with Crippen molar-refractivity contribution in [1.82, 2.24) is 10.6 Å². The Morgan fingerprint density at radius 1 is 0.913 bits per heavy atom. The summed E-state index contributed by atoms with van der Waals surface area (Å²) in [5.41, 5.74) is -0.298. The van der Waals surface area contributed by atoms with E-state index in [-0.39, 0.29) is 23.8 Å². The summed E-state index contributed by atoms with van der Waals surface area (Å²) in [7, 11) is 1.52. The van der Waals surface area contributed by atoms with Gasteiger partial charge in [-0.3, -0.25) is 9.59 Å². The Hall–Kier alpha value is -1.10. The van der Waals surface area contributed by atoms with Gasteiger partial charge in [-0.05, 0) is 18.8 Å². The molecule has 0 radical (unpaired) electrons. The Labute approximate surface area is 141 Å². The number of hydrogen-bond donors (Lipinski definition) is 2. The van der Waals surface area contributed by atoms with E-state index in [9.17, 15) is 9.59 Å². The number of nitrogens with one attached hydrogen (secondary N) is 2. The lowest BCUT2D eigenvalue weighted by Gasteiger charge is -2.27. The van der Waals surface area contributed by atoms with Gasteiger partial charge in [-0.2, -0.15) is 0 Å². The predicted molar refractivity (Wildman–Crippen MR) is 94.2 cm³/mol. The molecular weight excluding hydrogens is 292 g/mol. The molecule has 0 fully saturated rings. The van der Waals surface area contributed by atoms with Crippen molar-refractivity contribution in [3.05, 3.63) is 0 Å². The smallest absolute Gasteiger partial charge is 0.245 e. The number of hydrogen-bond acceptors (Lipinski definition) is 3. The molecule has 5 nitrogen and oxygen atoms in total. The number of rotatable bonds is 13. The molecule has 0 rings (SSSR count). The molecule has 0 spiro atoms. The first kappa shape index (κ1) is 21.9. The molecule has 5 heteroatoms. The highest BCUT2D eigenvalue weighted by Crippen LogP contribution is 2.25. The van der Waals surface area contributed by atoms with Gasteiger partial charge in [-0.1, -0.05) is 53.4 Å². The van der Waals surface area contributed by atoms with Crippen LogP contribution >= 0.6 is 0 Å². The summed E-state index contributed by atoms with van der Waals surface area (Å²) in [6, 6.07) is 0. The molecule has 0 saturated carbocycles. The molecule has 0 saturated heterocycles. The summed E-state index contributed by atoms with van der Waals surface area (Å²) in [6.45, 7) is 9.79. The summed E-state index contributed by atoms with van der Waals surface area (Å²) in [4.78, 5) is 23.2. The molecule has 0 unspecified atom stereocenters. The average Bonchev–Trinajstić information content (AvgIpc) is 2.48. The topological polar surface area (TPSA) is 67.4 Å². The summed E-state index contributed by atoms with van der Waals surface area (Å²) >= 11 is 0. The molecule has 0 aromatic rings. The zero-order valence-electron chi connectivity index (χ0n) is 15.7. The predicted octanol–water partition coefficient (Wildman–Crippen LogP) is 2.89. The lowest BCUT2D eigenvalue weighted by molar-refractivity contribution is -0.131. The van der Waals surface area contributed by atoms with Gasteiger partial charge >= 0.3 is 0 Å². The number of ether oxygens (including phenoxy) is 1. The van der Waals surface area contributed by atoms with E-state index in [1.807, 2.05) is 13.8 Å². The van der Waals surface area contributed by atoms with E-state index < -0.39 is 0 Å². The van der Waals surface area contributed by atoms with Crippen LogP contribution in [0, 0.1) is 11.3 Å². The first-order chi connectivity index (χ1) is 10.8. The highest BCUT2D eigenvalue weighted by Gasteiger charge is 2.30. The van der Waals surface area contributed by atoms with Gasteiger partial charge in [0.25, 0.3) is 0 Å². The summed E-state index contributed by atoms with van der Waals surface area (Å²) in [6.07, 6.45) is 6.65. The van der Waals surface area contributed by atoms with Gasteiger partial charge in [-0.25, -0.2) is 0 Å². The summed E-state index contributed by atoms with van der Waals surface area (Å²) < 4.78 is 4.75. The molecular formula is C18H36N2O3. The van der Waals surface area contributed by atoms with Crippen LogP contribution in [0.5, 0.6) is 0 Å². The zero-order valence-corrected chi connectivity index (χ0v) is 15.7. The Kier molecular flexibility index (Phi) is 11.7. The Morgan fingerprint density at radius 2 is 1.39 bits per heavy atom. The minimum absolute atomic E-state index is 0.0486. The molecule has 0 aliphatic rings. The van der Waals surface area contributed by atoms with Crippen LogP contribution in [0.3, 0.4) is 0 Å². The Morgan fingerprint density at radius 3 is 1.87 bits per heavy atom. The third kappa shape index (κ3) is 10.3. The Bertz CT molecular complexity index is 341. The average molecular weight is 328 g/mol. The van der Waals surface area contributed by atoms with Gasteiger partial charge in [0.15, 0.2) is 0 Å². The highest BCUT2D eigenvalue weighted by atomic mass is 16.5. The second-order valence-electron chi connectivity index (χ2n) is 7.04. The molecule has 0 aromatic carbocycles. The largest absolute Gasteiger partial charge is 0.375 e. The minimum atomic E-state index is -0.298. The van der Waals surface area contributed by atoms with Crippen molar-refractivity contribution in [2.75, 3.05) is 26.8 Å². The first-order valence-corrected chi connectivity index (χ1v) is 8.86. The van der Waals surface area contributed by atoms with Gasteiger partial charge in [0.2, 0.25) is 11.8 Å². The van der Waals surface area contributed by atoms with Gasteiger partial charge in [0, 0.05) is 25.6 Å². The maximum atomic E-state index is 12.1. The molecule has 0 aliphatic heterocycles. The van der Waals surface area contributed by atoms with Crippen molar-refractivity contribution in [3.8, 4) is 0 Å². The van der Waals surface area contributed by atoms with Crippen LogP contribution in [-0.2, 0) is 14.3 Å². The third-order valence-corrected chi connectivity index (χ3v) is 4.52. The van der Waals surface area contributed by atoms with Crippen molar-refractivity contribution in [2.45, 2.75) is 66.2 Å². The van der Waals surface area contributed by atoms with E-state index in [4.69, 9.17) is 4.74 Å². The van der Waals surface area contributed by atoms with E-state index >= 15 is 0 Å². The van der Waals surface area contributed by atoms with E-state index in [1.165, 1.54) is 20.0 Å². The molecule has 0 aromatic heterocycles. The van der Waals surface area contributed by atoms with Crippen LogP contribution in [0.15, 0.2) is 0 Å². The molecule has 0 atom stereocenters. The quantitative estimate of drug-likeness (QED) is 0.511. The first-order valence-electron chi connectivity index (χ1n) is 8.86. The second-order valence-corrected chi connectivity index (χ2v) is 7.04. The van der Waals surface area contributed by atoms with E-state index in [0.717, 1.165) is 38.8 Å². The number of carbonyl (C=O) groups excluding carboxylic acids is 2.